The number of hydrogen-bond acceptors (Lipinski definition) is 5. The van der Waals surface area contributed by atoms with E-state index in [0.29, 0.717) is 13.0 Å². The highest BCUT2D eigenvalue weighted by Gasteiger charge is 2.61. The average Bonchev–Trinajstić information content (AvgIpc) is 2.88. The van der Waals surface area contributed by atoms with Gasteiger partial charge in [-0.05, 0) is 91.4 Å². The molecule has 41 heavy (non-hydrogen) atoms. The van der Waals surface area contributed by atoms with Crippen LogP contribution in [-0.2, 0) is 19.1 Å². The Kier molecular flexibility index (Phi) is 9.89. The molecule has 5 nitrogen and oxygen atoms in total. The van der Waals surface area contributed by atoms with Gasteiger partial charge < -0.3 is 4.74 Å². The van der Waals surface area contributed by atoms with Crippen molar-refractivity contribution in [2.75, 3.05) is 6.61 Å². The first-order valence-electron chi connectivity index (χ1n) is 16.0. The van der Waals surface area contributed by atoms with E-state index in [-0.39, 0.29) is 56.6 Å². The molecule has 0 aromatic rings. The standard InChI is InChI=1S/C36H55NO4/c1-10-13-32(4,5)16-17-33(6,14-11-20-41-26(3)38)18-19-34(7)23-28(39)21-30-35(8)22-27(24-37)31(40)25(2)29(35)12-15-36(30,34)9/h21-22,25,29H,10-20,23H2,1-9H3/t25-,29-,33-,34+,35-,36+/m0/s1. The molecule has 1 fully saturated rings. The van der Waals surface area contributed by atoms with Gasteiger partial charge in [0.25, 0.3) is 0 Å². The Balaban J connectivity index is 1.91. The zero-order valence-corrected chi connectivity index (χ0v) is 27.4. The van der Waals surface area contributed by atoms with E-state index in [1.165, 1.54) is 19.8 Å². The molecule has 0 aromatic heterocycles. The van der Waals surface area contributed by atoms with E-state index < -0.39 is 5.41 Å². The zero-order valence-electron chi connectivity index (χ0n) is 27.4. The summed E-state index contributed by atoms with van der Waals surface area (Å²) < 4.78 is 5.29. The molecule has 0 N–H and O–H groups in total. The maximum atomic E-state index is 13.4. The molecule has 0 heterocycles. The molecular formula is C36H55NO4. The second-order valence-electron chi connectivity index (χ2n) is 15.5. The number of fused-ring (bicyclic) bond motifs is 3. The van der Waals surface area contributed by atoms with E-state index >= 15 is 0 Å². The number of esters is 1. The van der Waals surface area contributed by atoms with Crippen LogP contribution in [0.3, 0.4) is 0 Å². The average molecular weight is 566 g/mol. The van der Waals surface area contributed by atoms with E-state index in [2.05, 4.69) is 54.5 Å². The van der Waals surface area contributed by atoms with E-state index in [9.17, 15) is 19.6 Å². The Morgan fingerprint density at radius 3 is 2.39 bits per heavy atom. The highest BCUT2D eigenvalue weighted by molar-refractivity contribution is 6.02. The maximum absolute atomic E-state index is 13.4. The van der Waals surface area contributed by atoms with Crippen LogP contribution in [0.4, 0.5) is 0 Å². The molecule has 0 bridgehead atoms. The molecule has 0 saturated heterocycles. The van der Waals surface area contributed by atoms with Gasteiger partial charge in [0.15, 0.2) is 11.6 Å². The molecule has 5 heteroatoms. The predicted molar refractivity (Wildman–Crippen MR) is 164 cm³/mol. The number of allylic oxidation sites excluding steroid dienone is 4. The summed E-state index contributed by atoms with van der Waals surface area (Å²) in [7, 11) is 0. The summed E-state index contributed by atoms with van der Waals surface area (Å²) >= 11 is 0. The third kappa shape index (κ3) is 6.73. The van der Waals surface area contributed by atoms with Crippen molar-refractivity contribution < 1.29 is 19.1 Å². The molecule has 228 valence electrons. The van der Waals surface area contributed by atoms with Crippen LogP contribution in [0.5, 0.6) is 0 Å². The smallest absolute Gasteiger partial charge is 0.302 e. The lowest BCUT2D eigenvalue weighted by molar-refractivity contribution is -0.141. The lowest BCUT2D eigenvalue weighted by Crippen LogP contribution is -2.55. The molecule has 0 spiro atoms. The van der Waals surface area contributed by atoms with Gasteiger partial charge in [-0.15, -0.1) is 0 Å². The van der Waals surface area contributed by atoms with Crippen molar-refractivity contribution in [1.29, 1.82) is 5.26 Å². The minimum atomic E-state index is -0.472. The molecule has 3 aliphatic carbocycles. The summed E-state index contributed by atoms with van der Waals surface area (Å²) in [5, 5.41) is 9.78. The van der Waals surface area contributed by atoms with Crippen LogP contribution in [-0.4, -0.2) is 24.1 Å². The number of ketones is 2. The summed E-state index contributed by atoms with van der Waals surface area (Å²) in [5.41, 5.74) is 0.859. The quantitative estimate of drug-likeness (QED) is 0.174. The summed E-state index contributed by atoms with van der Waals surface area (Å²) in [6, 6.07) is 2.16. The van der Waals surface area contributed by atoms with Crippen molar-refractivity contribution in [3.8, 4) is 6.07 Å². The van der Waals surface area contributed by atoms with Crippen LogP contribution in [0, 0.1) is 50.2 Å². The van der Waals surface area contributed by atoms with Gasteiger partial charge in [0.05, 0.1) is 12.2 Å². The van der Waals surface area contributed by atoms with Crippen LogP contribution in [0.15, 0.2) is 23.3 Å². The first-order chi connectivity index (χ1) is 19.0. The second-order valence-corrected chi connectivity index (χ2v) is 15.5. The third-order valence-electron chi connectivity index (χ3n) is 11.8. The SMILES string of the molecule is CCCC(C)(C)CC[C@](C)(CCCOC(C)=O)CC[C@]1(C)CC(=O)C=C2[C@@]3(C)C=C(C#N)C(=O)[C@@H](C)[C@@H]3CC[C@]21C. The Morgan fingerprint density at radius 2 is 1.78 bits per heavy atom. The van der Waals surface area contributed by atoms with E-state index in [1.54, 1.807) is 0 Å². The van der Waals surface area contributed by atoms with Gasteiger partial charge in [-0.25, -0.2) is 0 Å². The van der Waals surface area contributed by atoms with E-state index in [0.717, 1.165) is 56.9 Å². The molecular weight excluding hydrogens is 510 g/mol. The minimum absolute atomic E-state index is 0.0559. The zero-order chi connectivity index (χ0) is 30.9. The first-order valence-corrected chi connectivity index (χ1v) is 16.0. The van der Waals surface area contributed by atoms with Gasteiger partial charge in [-0.3, -0.25) is 14.4 Å². The number of hydrogen-bond donors (Lipinski definition) is 0. The van der Waals surface area contributed by atoms with Crippen molar-refractivity contribution in [2.45, 2.75) is 133 Å². The van der Waals surface area contributed by atoms with Crippen LogP contribution < -0.4 is 0 Å². The fourth-order valence-corrected chi connectivity index (χ4v) is 8.72. The number of rotatable bonds is 12. The van der Waals surface area contributed by atoms with Gasteiger partial charge >= 0.3 is 5.97 Å². The third-order valence-corrected chi connectivity index (χ3v) is 11.8. The van der Waals surface area contributed by atoms with Crippen LogP contribution in [0.1, 0.15) is 133 Å². The van der Waals surface area contributed by atoms with Crippen molar-refractivity contribution in [3.05, 3.63) is 23.3 Å². The number of carbonyl (C=O) groups is 3. The highest BCUT2D eigenvalue weighted by Crippen LogP contribution is 2.67. The topological polar surface area (TPSA) is 84.2 Å². The number of carbonyl (C=O) groups excluding carboxylic acids is 3. The summed E-state index contributed by atoms with van der Waals surface area (Å²) in [4.78, 5) is 37.7. The Labute approximate surface area is 249 Å². The van der Waals surface area contributed by atoms with Gasteiger partial charge in [-0.2, -0.15) is 5.26 Å². The summed E-state index contributed by atoms with van der Waals surface area (Å²) in [6.07, 6.45) is 14.6. The molecule has 0 amide bonds. The van der Waals surface area contributed by atoms with Crippen molar-refractivity contribution >= 4 is 17.5 Å². The Morgan fingerprint density at radius 1 is 1.10 bits per heavy atom. The fraction of sp³-hybridized carbons (Fsp3) is 0.778. The lowest BCUT2D eigenvalue weighted by Gasteiger charge is -2.61. The molecule has 0 aromatic carbocycles. The van der Waals surface area contributed by atoms with Gasteiger partial charge in [0, 0.05) is 24.7 Å². The summed E-state index contributed by atoms with van der Waals surface area (Å²) in [6.45, 7) is 20.1. The first kappa shape index (κ1) is 33.3. The molecule has 0 radical (unpaired) electrons. The molecule has 0 aliphatic heterocycles. The van der Waals surface area contributed by atoms with E-state index in [1.807, 2.05) is 19.1 Å². The van der Waals surface area contributed by atoms with Crippen LogP contribution in [0.2, 0.25) is 0 Å². The molecule has 1 saturated carbocycles. The van der Waals surface area contributed by atoms with Crippen molar-refractivity contribution in [2.24, 2.45) is 38.9 Å². The molecule has 3 aliphatic rings. The minimum Gasteiger partial charge on any atom is -0.466 e. The predicted octanol–water partition coefficient (Wildman–Crippen LogP) is 8.72. The molecule has 0 unspecified atom stereocenters. The fourth-order valence-electron chi connectivity index (χ4n) is 8.72. The van der Waals surface area contributed by atoms with Crippen molar-refractivity contribution in [3.63, 3.8) is 0 Å². The highest BCUT2D eigenvalue weighted by atomic mass is 16.5. The Bertz CT molecular complexity index is 1140. The largest absolute Gasteiger partial charge is 0.466 e. The van der Waals surface area contributed by atoms with E-state index in [4.69, 9.17) is 4.74 Å². The summed E-state index contributed by atoms with van der Waals surface area (Å²) in [5.74, 6) is -0.236. The lowest BCUT2D eigenvalue weighted by atomic mass is 9.42. The van der Waals surface area contributed by atoms with Crippen LogP contribution in [0.25, 0.3) is 0 Å². The maximum Gasteiger partial charge on any atom is 0.302 e. The van der Waals surface area contributed by atoms with Gasteiger partial charge in [0.2, 0.25) is 0 Å². The monoisotopic (exact) mass is 565 g/mol. The molecule has 3 rings (SSSR count). The van der Waals surface area contributed by atoms with Crippen molar-refractivity contribution in [1.82, 2.24) is 0 Å². The number of Topliss-reactive ketones (excluding diaryl/α,β-unsaturated/α-hetero) is 1. The van der Waals surface area contributed by atoms with Gasteiger partial charge in [0.1, 0.15) is 6.07 Å². The Hall–Kier alpha value is -2.22. The number of nitriles is 1. The number of ether oxygens (including phenoxy) is 1. The normalized spacial score (nSPS) is 33.1. The number of nitrogens with zero attached hydrogens (tertiary/aromatic N) is 1. The molecule has 6 atom stereocenters. The second kappa shape index (κ2) is 12.2. The van der Waals surface area contributed by atoms with Crippen LogP contribution >= 0.6 is 0 Å². The van der Waals surface area contributed by atoms with Gasteiger partial charge in [-0.1, -0.05) is 73.5 Å².